The van der Waals surface area contributed by atoms with Crippen LogP contribution < -0.4 is 0 Å². The van der Waals surface area contributed by atoms with Gasteiger partial charge in [-0.1, -0.05) is 0 Å². The molecule has 0 radical (unpaired) electrons. The van der Waals surface area contributed by atoms with Gasteiger partial charge in [0.05, 0.1) is 18.8 Å². The van der Waals surface area contributed by atoms with Crippen LogP contribution in [-0.2, 0) is 9.47 Å². The van der Waals surface area contributed by atoms with E-state index in [1.165, 1.54) is 11.5 Å². The number of thioether (sulfide) groups is 1. The lowest BCUT2D eigenvalue weighted by Crippen LogP contribution is -2.46. The van der Waals surface area contributed by atoms with E-state index in [9.17, 15) is 0 Å². The highest BCUT2D eigenvalue weighted by atomic mass is 32.2. The molecule has 0 N–H and O–H groups in total. The van der Waals surface area contributed by atoms with Gasteiger partial charge in [-0.3, -0.25) is 0 Å². The Balaban J connectivity index is 1.92. The summed E-state index contributed by atoms with van der Waals surface area (Å²) in [5.41, 5.74) is 0.223. The van der Waals surface area contributed by atoms with Crippen LogP contribution in [0.4, 0.5) is 0 Å². The molecule has 2 rings (SSSR count). The summed E-state index contributed by atoms with van der Waals surface area (Å²) in [5.74, 6) is 2.35. The predicted octanol–water partition coefficient (Wildman–Crippen LogP) is 0.909. The minimum atomic E-state index is 0.223. The van der Waals surface area contributed by atoms with E-state index in [0.29, 0.717) is 0 Å². The van der Waals surface area contributed by atoms with Gasteiger partial charge in [0.1, 0.15) is 0 Å². The standard InChI is InChI=1S/C7H12O2S/c1-2-8-3-4-9-7(1)5-10-6-7/h1-6H2. The molecule has 0 atom stereocenters. The summed E-state index contributed by atoms with van der Waals surface area (Å²) in [4.78, 5) is 0. The van der Waals surface area contributed by atoms with Crippen molar-refractivity contribution in [2.45, 2.75) is 12.0 Å². The topological polar surface area (TPSA) is 18.5 Å². The highest BCUT2D eigenvalue weighted by Crippen LogP contribution is 2.36. The Morgan fingerprint density at radius 3 is 2.70 bits per heavy atom. The van der Waals surface area contributed by atoms with Gasteiger partial charge in [0.2, 0.25) is 0 Å². The fourth-order valence-electron chi connectivity index (χ4n) is 1.31. The maximum Gasteiger partial charge on any atom is 0.0885 e. The van der Waals surface area contributed by atoms with Gasteiger partial charge < -0.3 is 9.47 Å². The van der Waals surface area contributed by atoms with Gasteiger partial charge in [-0.15, -0.1) is 0 Å². The summed E-state index contributed by atoms with van der Waals surface area (Å²) >= 11 is 1.97. The van der Waals surface area contributed by atoms with Crippen LogP contribution in [0.1, 0.15) is 6.42 Å². The van der Waals surface area contributed by atoms with Crippen LogP contribution in [0.25, 0.3) is 0 Å². The van der Waals surface area contributed by atoms with Gasteiger partial charge in [-0.25, -0.2) is 0 Å². The van der Waals surface area contributed by atoms with Gasteiger partial charge in [0.15, 0.2) is 0 Å². The lowest BCUT2D eigenvalue weighted by Gasteiger charge is -2.39. The van der Waals surface area contributed by atoms with Crippen molar-refractivity contribution in [1.82, 2.24) is 0 Å². The van der Waals surface area contributed by atoms with Crippen LogP contribution >= 0.6 is 11.8 Å². The Hall–Kier alpha value is 0.270. The third-order valence-corrected chi connectivity index (χ3v) is 3.53. The fourth-order valence-corrected chi connectivity index (χ4v) is 2.42. The average molecular weight is 160 g/mol. The van der Waals surface area contributed by atoms with Crippen LogP contribution in [0.2, 0.25) is 0 Å². The van der Waals surface area contributed by atoms with Crippen LogP contribution in [0.5, 0.6) is 0 Å². The quantitative estimate of drug-likeness (QED) is 0.525. The van der Waals surface area contributed by atoms with E-state index in [1.54, 1.807) is 0 Å². The molecule has 0 aromatic heterocycles. The molecule has 0 bridgehead atoms. The minimum Gasteiger partial charge on any atom is -0.379 e. The van der Waals surface area contributed by atoms with Crippen LogP contribution in [0, 0.1) is 0 Å². The average Bonchev–Trinajstić information content (AvgIpc) is 2.08. The second kappa shape index (κ2) is 2.72. The molecule has 2 saturated heterocycles. The molecule has 0 amide bonds. The lowest BCUT2D eigenvalue weighted by molar-refractivity contribution is -0.0113. The second-order valence-electron chi connectivity index (χ2n) is 2.89. The summed E-state index contributed by atoms with van der Waals surface area (Å²) in [5, 5.41) is 0. The Bertz CT molecular complexity index is 113. The van der Waals surface area contributed by atoms with E-state index in [-0.39, 0.29) is 5.60 Å². The molecule has 0 aromatic rings. The zero-order valence-corrected chi connectivity index (χ0v) is 6.78. The van der Waals surface area contributed by atoms with Crippen molar-refractivity contribution in [1.29, 1.82) is 0 Å². The van der Waals surface area contributed by atoms with E-state index in [4.69, 9.17) is 9.47 Å². The predicted molar refractivity (Wildman–Crippen MR) is 41.4 cm³/mol. The lowest BCUT2D eigenvalue weighted by atomic mass is 10.0. The zero-order valence-electron chi connectivity index (χ0n) is 5.97. The summed E-state index contributed by atoms with van der Waals surface area (Å²) in [6.07, 6.45) is 1.10. The highest BCUT2D eigenvalue weighted by Gasteiger charge is 2.39. The molecule has 0 aromatic carbocycles. The molecule has 0 saturated carbocycles. The van der Waals surface area contributed by atoms with Crippen LogP contribution in [0.15, 0.2) is 0 Å². The molecule has 0 unspecified atom stereocenters. The molecule has 0 aliphatic carbocycles. The molecule has 2 nitrogen and oxygen atoms in total. The van der Waals surface area contributed by atoms with E-state index in [1.807, 2.05) is 11.8 Å². The first-order chi connectivity index (χ1) is 4.91. The number of ether oxygens (including phenoxy) is 2. The Labute approximate surface area is 65.3 Å². The van der Waals surface area contributed by atoms with Gasteiger partial charge in [0.25, 0.3) is 0 Å². The Morgan fingerprint density at radius 2 is 2.00 bits per heavy atom. The second-order valence-corrected chi connectivity index (χ2v) is 3.87. The van der Waals surface area contributed by atoms with Crippen molar-refractivity contribution in [3.8, 4) is 0 Å². The summed E-state index contributed by atoms with van der Waals surface area (Å²) < 4.78 is 11.0. The molecule has 2 fully saturated rings. The highest BCUT2D eigenvalue weighted by molar-refractivity contribution is 8.00. The first kappa shape index (κ1) is 6.95. The van der Waals surface area contributed by atoms with Crippen LogP contribution in [-0.4, -0.2) is 36.9 Å². The monoisotopic (exact) mass is 160 g/mol. The molecular formula is C7H12O2S. The van der Waals surface area contributed by atoms with Gasteiger partial charge in [-0.2, -0.15) is 11.8 Å². The number of hydrogen-bond acceptors (Lipinski definition) is 3. The van der Waals surface area contributed by atoms with E-state index in [0.717, 1.165) is 26.2 Å². The van der Waals surface area contributed by atoms with Crippen molar-refractivity contribution in [3.05, 3.63) is 0 Å². The number of hydrogen-bond donors (Lipinski definition) is 0. The van der Waals surface area contributed by atoms with Crippen LogP contribution in [0.3, 0.4) is 0 Å². The first-order valence-electron chi connectivity index (χ1n) is 3.71. The molecule has 10 heavy (non-hydrogen) atoms. The molecule has 1 spiro atoms. The minimum absolute atomic E-state index is 0.223. The zero-order chi connectivity index (χ0) is 6.86. The molecule has 2 aliphatic heterocycles. The Morgan fingerprint density at radius 1 is 1.10 bits per heavy atom. The molecule has 2 aliphatic rings. The van der Waals surface area contributed by atoms with E-state index < -0.39 is 0 Å². The van der Waals surface area contributed by atoms with Crippen molar-refractivity contribution in [2.24, 2.45) is 0 Å². The maximum atomic E-state index is 5.68. The largest absolute Gasteiger partial charge is 0.379 e. The smallest absolute Gasteiger partial charge is 0.0885 e. The molecular weight excluding hydrogens is 148 g/mol. The van der Waals surface area contributed by atoms with Crippen molar-refractivity contribution >= 4 is 11.8 Å². The van der Waals surface area contributed by atoms with Crippen molar-refractivity contribution in [2.75, 3.05) is 31.3 Å². The Kier molecular flexibility index (Phi) is 1.89. The molecule has 3 heteroatoms. The molecule has 58 valence electrons. The maximum absolute atomic E-state index is 5.68. The van der Waals surface area contributed by atoms with Crippen molar-refractivity contribution in [3.63, 3.8) is 0 Å². The normalized spacial score (nSPS) is 31.2. The first-order valence-corrected chi connectivity index (χ1v) is 4.86. The molecule has 2 heterocycles. The summed E-state index contributed by atoms with van der Waals surface area (Å²) in [6.45, 7) is 2.47. The van der Waals surface area contributed by atoms with Crippen molar-refractivity contribution < 1.29 is 9.47 Å². The third-order valence-electron chi connectivity index (χ3n) is 2.07. The van der Waals surface area contributed by atoms with Gasteiger partial charge in [0, 0.05) is 24.5 Å². The fraction of sp³-hybridized carbons (Fsp3) is 1.00. The third kappa shape index (κ3) is 1.18. The van der Waals surface area contributed by atoms with E-state index in [2.05, 4.69) is 0 Å². The SMILES string of the molecule is C1COC2(CCO1)CSC2. The number of rotatable bonds is 0. The summed E-state index contributed by atoms with van der Waals surface area (Å²) in [6, 6.07) is 0. The van der Waals surface area contributed by atoms with Gasteiger partial charge >= 0.3 is 0 Å². The van der Waals surface area contributed by atoms with E-state index >= 15 is 0 Å². The van der Waals surface area contributed by atoms with Gasteiger partial charge in [-0.05, 0) is 0 Å². The summed E-state index contributed by atoms with van der Waals surface area (Å²) in [7, 11) is 0.